The van der Waals surface area contributed by atoms with E-state index >= 15 is 0 Å². The van der Waals surface area contributed by atoms with Gasteiger partial charge in [-0.05, 0) is 38.3 Å². The molecule has 1 fully saturated rings. The van der Waals surface area contributed by atoms with Gasteiger partial charge in [-0.15, -0.1) is 0 Å². The summed E-state index contributed by atoms with van der Waals surface area (Å²) in [6.07, 6.45) is 6.42. The van der Waals surface area contributed by atoms with E-state index in [1.54, 1.807) is 7.11 Å². The molecule has 0 aromatic heterocycles. The molecular formula is C17H28N2O. The molecule has 2 atom stereocenters. The average molecular weight is 276 g/mol. The Morgan fingerprint density at radius 3 is 2.80 bits per heavy atom. The molecule has 1 aliphatic rings. The molecule has 2 unspecified atom stereocenters. The van der Waals surface area contributed by atoms with Gasteiger partial charge >= 0.3 is 0 Å². The Balaban J connectivity index is 2.43. The third kappa shape index (κ3) is 3.09. The molecule has 2 N–H and O–H groups in total. The molecule has 1 aromatic rings. The maximum Gasteiger partial charge on any atom is 0.125 e. The zero-order valence-electron chi connectivity index (χ0n) is 13.1. The average Bonchev–Trinajstić information content (AvgIpc) is 2.71. The number of ether oxygens (including phenoxy) is 1. The zero-order valence-corrected chi connectivity index (χ0v) is 13.1. The summed E-state index contributed by atoms with van der Waals surface area (Å²) in [5.41, 5.74) is 8.64. The molecule has 0 aliphatic carbocycles. The Kier molecular flexibility index (Phi) is 5.30. The van der Waals surface area contributed by atoms with Crippen molar-refractivity contribution in [1.82, 2.24) is 0 Å². The molecule has 0 radical (unpaired) electrons. The Labute approximate surface area is 123 Å². The molecule has 2 rings (SSSR count). The lowest BCUT2D eigenvalue weighted by molar-refractivity contribution is 0.406. The second-order valence-corrected chi connectivity index (χ2v) is 5.79. The van der Waals surface area contributed by atoms with Gasteiger partial charge in [0.25, 0.3) is 0 Å². The molecule has 0 bridgehead atoms. The number of hydrogen-bond donors (Lipinski definition) is 1. The maximum atomic E-state index is 6.22. The summed E-state index contributed by atoms with van der Waals surface area (Å²) in [5.74, 6) is 0.914. The third-order valence-electron chi connectivity index (χ3n) is 4.38. The molecule has 112 valence electrons. The van der Waals surface area contributed by atoms with E-state index in [1.807, 2.05) is 13.0 Å². The fourth-order valence-corrected chi connectivity index (χ4v) is 3.34. The molecular weight excluding hydrogens is 248 g/mol. The SMILES string of the molecule is CCC1CCCCCN1c1cccc(OC)c1C(C)N. The fourth-order valence-electron chi connectivity index (χ4n) is 3.34. The van der Waals surface area contributed by atoms with E-state index in [4.69, 9.17) is 10.5 Å². The van der Waals surface area contributed by atoms with E-state index in [9.17, 15) is 0 Å². The van der Waals surface area contributed by atoms with Gasteiger partial charge in [0.05, 0.1) is 7.11 Å². The van der Waals surface area contributed by atoms with Crippen LogP contribution in [0.25, 0.3) is 0 Å². The number of nitrogens with two attached hydrogens (primary N) is 1. The van der Waals surface area contributed by atoms with E-state index in [-0.39, 0.29) is 6.04 Å². The van der Waals surface area contributed by atoms with Crippen LogP contribution in [0.3, 0.4) is 0 Å². The highest BCUT2D eigenvalue weighted by atomic mass is 16.5. The highest BCUT2D eigenvalue weighted by Gasteiger charge is 2.24. The minimum Gasteiger partial charge on any atom is -0.496 e. The van der Waals surface area contributed by atoms with E-state index in [0.29, 0.717) is 6.04 Å². The Hall–Kier alpha value is -1.22. The minimum atomic E-state index is -0.0121. The quantitative estimate of drug-likeness (QED) is 0.907. The first-order chi connectivity index (χ1) is 9.69. The lowest BCUT2D eigenvalue weighted by Gasteiger charge is -2.34. The maximum absolute atomic E-state index is 6.22. The number of nitrogens with zero attached hydrogens (tertiary/aromatic N) is 1. The first kappa shape index (κ1) is 15.2. The van der Waals surface area contributed by atoms with Crippen LogP contribution in [0.5, 0.6) is 5.75 Å². The number of rotatable bonds is 4. The van der Waals surface area contributed by atoms with Gasteiger partial charge in [0.15, 0.2) is 0 Å². The molecule has 1 saturated heterocycles. The van der Waals surface area contributed by atoms with Crippen molar-refractivity contribution >= 4 is 5.69 Å². The van der Waals surface area contributed by atoms with Crippen LogP contribution < -0.4 is 15.4 Å². The van der Waals surface area contributed by atoms with Crippen molar-refractivity contribution in [3.8, 4) is 5.75 Å². The number of anilines is 1. The van der Waals surface area contributed by atoms with Gasteiger partial charge in [-0.2, -0.15) is 0 Å². The summed E-state index contributed by atoms with van der Waals surface area (Å²) in [4.78, 5) is 2.56. The van der Waals surface area contributed by atoms with E-state index in [2.05, 4.69) is 24.0 Å². The number of benzene rings is 1. The van der Waals surface area contributed by atoms with Crippen molar-refractivity contribution in [3.05, 3.63) is 23.8 Å². The first-order valence-corrected chi connectivity index (χ1v) is 7.88. The summed E-state index contributed by atoms with van der Waals surface area (Å²) in [6.45, 7) is 5.46. The molecule has 3 heteroatoms. The highest BCUT2D eigenvalue weighted by molar-refractivity contribution is 5.61. The molecule has 1 heterocycles. The van der Waals surface area contributed by atoms with Gasteiger partial charge < -0.3 is 15.4 Å². The number of hydrogen-bond acceptors (Lipinski definition) is 3. The van der Waals surface area contributed by atoms with Gasteiger partial charge in [0.1, 0.15) is 5.75 Å². The Bertz CT molecular complexity index is 431. The molecule has 0 spiro atoms. The van der Waals surface area contributed by atoms with Crippen molar-refractivity contribution in [2.24, 2.45) is 5.73 Å². The van der Waals surface area contributed by atoms with Crippen LogP contribution in [0.1, 0.15) is 57.6 Å². The van der Waals surface area contributed by atoms with Crippen LogP contribution in [0.4, 0.5) is 5.69 Å². The molecule has 1 aromatic carbocycles. The molecule has 20 heavy (non-hydrogen) atoms. The second kappa shape index (κ2) is 6.98. The minimum absolute atomic E-state index is 0.0121. The fraction of sp³-hybridized carbons (Fsp3) is 0.647. The monoisotopic (exact) mass is 276 g/mol. The highest BCUT2D eigenvalue weighted by Crippen LogP contribution is 2.36. The summed E-state index contributed by atoms with van der Waals surface area (Å²) in [7, 11) is 1.73. The topological polar surface area (TPSA) is 38.5 Å². The predicted molar refractivity (Wildman–Crippen MR) is 85.5 cm³/mol. The van der Waals surface area contributed by atoms with E-state index in [0.717, 1.165) is 17.9 Å². The molecule has 3 nitrogen and oxygen atoms in total. The van der Waals surface area contributed by atoms with Crippen LogP contribution in [0.15, 0.2) is 18.2 Å². The van der Waals surface area contributed by atoms with Gasteiger partial charge in [0.2, 0.25) is 0 Å². The van der Waals surface area contributed by atoms with Crippen molar-refractivity contribution < 1.29 is 4.74 Å². The standard InChI is InChI=1S/C17H28N2O/c1-4-14-9-6-5-7-12-19(14)15-10-8-11-16(20-3)17(15)13(2)18/h8,10-11,13-14H,4-7,9,12,18H2,1-3H3. The smallest absolute Gasteiger partial charge is 0.125 e. The predicted octanol–water partition coefficient (Wildman–Crippen LogP) is 3.87. The zero-order chi connectivity index (χ0) is 14.5. The van der Waals surface area contributed by atoms with Gasteiger partial charge in [-0.3, -0.25) is 0 Å². The van der Waals surface area contributed by atoms with Gasteiger partial charge in [0, 0.05) is 29.9 Å². The largest absolute Gasteiger partial charge is 0.496 e. The van der Waals surface area contributed by atoms with Crippen molar-refractivity contribution in [2.75, 3.05) is 18.6 Å². The van der Waals surface area contributed by atoms with Gasteiger partial charge in [-0.25, -0.2) is 0 Å². The van der Waals surface area contributed by atoms with Crippen LogP contribution in [0, 0.1) is 0 Å². The summed E-state index contributed by atoms with van der Waals surface area (Å²) < 4.78 is 5.53. The first-order valence-electron chi connectivity index (χ1n) is 7.88. The lowest BCUT2D eigenvalue weighted by atomic mass is 10.0. The normalized spacial score (nSPS) is 21.4. The van der Waals surface area contributed by atoms with Crippen LogP contribution in [-0.4, -0.2) is 19.7 Å². The van der Waals surface area contributed by atoms with Crippen LogP contribution in [0.2, 0.25) is 0 Å². The molecule has 0 saturated carbocycles. The van der Waals surface area contributed by atoms with E-state index < -0.39 is 0 Å². The molecule has 0 amide bonds. The van der Waals surface area contributed by atoms with Crippen LogP contribution >= 0.6 is 0 Å². The van der Waals surface area contributed by atoms with E-state index in [1.165, 1.54) is 37.8 Å². The van der Waals surface area contributed by atoms with Crippen molar-refractivity contribution in [2.45, 2.75) is 58.0 Å². The summed E-state index contributed by atoms with van der Waals surface area (Å²) >= 11 is 0. The van der Waals surface area contributed by atoms with Crippen molar-refractivity contribution in [1.29, 1.82) is 0 Å². The second-order valence-electron chi connectivity index (χ2n) is 5.79. The summed E-state index contributed by atoms with van der Waals surface area (Å²) in [5, 5.41) is 0. The molecule has 1 aliphatic heterocycles. The third-order valence-corrected chi connectivity index (χ3v) is 4.38. The van der Waals surface area contributed by atoms with Crippen LogP contribution in [-0.2, 0) is 0 Å². The Morgan fingerprint density at radius 1 is 1.35 bits per heavy atom. The van der Waals surface area contributed by atoms with Crippen molar-refractivity contribution in [3.63, 3.8) is 0 Å². The van der Waals surface area contributed by atoms with Gasteiger partial charge in [-0.1, -0.05) is 25.8 Å². The Morgan fingerprint density at radius 2 is 2.15 bits per heavy atom. The summed E-state index contributed by atoms with van der Waals surface area (Å²) in [6, 6.07) is 6.91. The number of methoxy groups -OCH3 is 1. The lowest BCUT2D eigenvalue weighted by Crippen LogP contribution is -2.35.